The first-order valence-electron chi connectivity index (χ1n) is 8.58. The van der Waals surface area contributed by atoms with Gasteiger partial charge < -0.3 is 10.2 Å². The molecule has 2 fully saturated rings. The summed E-state index contributed by atoms with van der Waals surface area (Å²) in [6, 6.07) is 7.30. The van der Waals surface area contributed by atoms with E-state index in [0.29, 0.717) is 18.7 Å². The molecule has 0 aliphatic carbocycles. The summed E-state index contributed by atoms with van der Waals surface area (Å²) in [4.78, 5) is 28.3. The second-order valence-corrected chi connectivity index (χ2v) is 6.53. The third kappa shape index (κ3) is 2.86. The number of benzene rings is 1. The van der Waals surface area contributed by atoms with Crippen LogP contribution < -0.4 is 10.2 Å². The van der Waals surface area contributed by atoms with Crippen molar-refractivity contribution in [1.82, 2.24) is 20.0 Å². The van der Waals surface area contributed by atoms with E-state index >= 15 is 0 Å². The van der Waals surface area contributed by atoms with Crippen LogP contribution in [0.4, 0.5) is 10.5 Å². The fourth-order valence-electron chi connectivity index (χ4n) is 3.64. The predicted molar refractivity (Wildman–Crippen MR) is 93.4 cm³/mol. The standard InChI is InChI=1S/C18H21N5O2/c1-21-12-14(11-20-21)16-3-2-9-23(16)17(24)13-4-6-15(7-5-13)22-10-8-19-18(22)25/h4-7,11-12,16H,2-3,8-10H2,1H3,(H,19,25). The van der Waals surface area contributed by atoms with Gasteiger partial charge in [-0.05, 0) is 37.1 Å². The first-order chi connectivity index (χ1) is 12.1. The number of hydrogen-bond donors (Lipinski definition) is 1. The number of rotatable bonds is 3. The van der Waals surface area contributed by atoms with Crippen molar-refractivity contribution in [3.63, 3.8) is 0 Å². The molecule has 0 radical (unpaired) electrons. The van der Waals surface area contributed by atoms with Crippen molar-refractivity contribution in [2.45, 2.75) is 18.9 Å². The first kappa shape index (κ1) is 15.7. The Balaban J connectivity index is 1.53. The number of aromatic nitrogens is 2. The Morgan fingerprint density at radius 1 is 1.24 bits per heavy atom. The number of carbonyl (C=O) groups is 2. The van der Waals surface area contributed by atoms with Crippen molar-refractivity contribution in [2.24, 2.45) is 7.05 Å². The van der Waals surface area contributed by atoms with Gasteiger partial charge in [0.1, 0.15) is 0 Å². The van der Waals surface area contributed by atoms with E-state index in [-0.39, 0.29) is 18.0 Å². The number of carbonyl (C=O) groups excluding carboxylic acids is 2. The molecular formula is C18H21N5O2. The van der Waals surface area contributed by atoms with E-state index in [2.05, 4.69) is 10.4 Å². The summed E-state index contributed by atoms with van der Waals surface area (Å²) >= 11 is 0. The highest BCUT2D eigenvalue weighted by atomic mass is 16.2. The van der Waals surface area contributed by atoms with E-state index in [9.17, 15) is 9.59 Å². The summed E-state index contributed by atoms with van der Waals surface area (Å²) in [7, 11) is 1.89. The van der Waals surface area contributed by atoms with Gasteiger partial charge in [0.15, 0.2) is 0 Å². The minimum atomic E-state index is -0.0877. The van der Waals surface area contributed by atoms with Crippen LogP contribution in [-0.2, 0) is 7.05 Å². The highest BCUT2D eigenvalue weighted by Gasteiger charge is 2.31. The minimum Gasteiger partial charge on any atom is -0.336 e. The van der Waals surface area contributed by atoms with Gasteiger partial charge in [-0.25, -0.2) is 4.79 Å². The lowest BCUT2D eigenvalue weighted by Crippen LogP contribution is -2.30. The van der Waals surface area contributed by atoms with E-state index in [1.807, 2.05) is 48.6 Å². The Hall–Kier alpha value is -2.83. The van der Waals surface area contributed by atoms with Crippen LogP contribution in [0.1, 0.15) is 34.8 Å². The molecule has 1 aromatic heterocycles. The van der Waals surface area contributed by atoms with Crippen molar-refractivity contribution in [2.75, 3.05) is 24.5 Å². The summed E-state index contributed by atoms with van der Waals surface area (Å²) < 4.78 is 1.77. The van der Waals surface area contributed by atoms with Gasteiger partial charge in [0.25, 0.3) is 5.91 Å². The second-order valence-electron chi connectivity index (χ2n) is 6.53. The molecule has 1 atom stereocenters. The number of urea groups is 1. The molecule has 0 spiro atoms. The zero-order valence-electron chi connectivity index (χ0n) is 14.2. The molecular weight excluding hydrogens is 318 g/mol. The lowest BCUT2D eigenvalue weighted by Gasteiger charge is -2.24. The average Bonchev–Trinajstić information content (AvgIpc) is 3.34. The van der Waals surface area contributed by atoms with Gasteiger partial charge in [-0.15, -0.1) is 0 Å². The Labute approximate surface area is 146 Å². The zero-order valence-corrected chi connectivity index (χ0v) is 14.2. The van der Waals surface area contributed by atoms with Crippen LogP contribution in [0, 0.1) is 0 Å². The fraction of sp³-hybridized carbons (Fsp3) is 0.389. The highest BCUT2D eigenvalue weighted by molar-refractivity contribution is 5.97. The molecule has 25 heavy (non-hydrogen) atoms. The number of aryl methyl sites for hydroxylation is 1. The lowest BCUT2D eigenvalue weighted by molar-refractivity contribution is 0.0735. The van der Waals surface area contributed by atoms with Gasteiger partial charge >= 0.3 is 6.03 Å². The number of amides is 3. The lowest BCUT2D eigenvalue weighted by atomic mass is 10.1. The molecule has 1 unspecified atom stereocenters. The molecule has 3 amide bonds. The minimum absolute atomic E-state index is 0.0313. The summed E-state index contributed by atoms with van der Waals surface area (Å²) in [6.45, 7) is 2.07. The van der Waals surface area contributed by atoms with Crippen molar-refractivity contribution < 1.29 is 9.59 Å². The summed E-state index contributed by atoms with van der Waals surface area (Å²) in [5.74, 6) is 0.0313. The summed E-state index contributed by atoms with van der Waals surface area (Å²) in [5, 5.41) is 7.01. The second kappa shape index (κ2) is 6.23. The molecule has 3 heterocycles. The summed E-state index contributed by atoms with van der Waals surface area (Å²) in [5.41, 5.74) is 2.55. The molecule has 0 saturated carbocycles. The van der Waals surface area contributed by atoms with Crippen LogP contribution in [0.3, 0.4) is 0 Å². The molecule has 7 nitrogen and oxygen atoms in total. The Morgan fingerprint density at radius 3 is 2.68 bits per heavy atom. The third-order valence-corrected chi connectivity index (χ3v) is 4.91. The molecule has 1 N–H and O–H groups in total. The number of anilines is 1. The maximum absolute atomic E-state index is 12.9. The van der Waals surface area contributed by atoms with Crippen molar-refractivity contribution in [3.05, 3.63) is 47.8 Å². The molecule has 0 bridgehead atoms. The average molecular weight is 339 g/mol. The van der Waals surface area contributed by atoms with E-state index < -0.39 is 0 Å². The number of nitrogens with zero attached hydrogens (tertiary/aromatic N) is 4. The van der Waals surface area contributed by atoms with E-state index in [1.54, 1.807) is 9.58 Å². The number of likely N-dealkylation sites (tertiary alicyclic amines) is 1. The van der Waals surface area contributed by atoms with E-state index in [4.69, 9.17) is 0 Å². The van der Waals surface area contributed by atoms with Gasteiger partial charge in [0, 0.05) is 49.7 Å². The molecule has 2 aliphatic heterocycles. The predicted octanol–water partition coefficient (Wildman–Crippen LogP) is 1.93. The van der Waals surface area contributed by atoms with Crippen LogP contribution >= 0.6 is 0 Å². The first-order valence-corrected chi connectivity index (χ1v) is 8.58. The fourth-order valence-corrected chi connectivity index (χ4v) is 3.64. The van der Waals surface area contributed by atoms with Gasteiger partial charge in [-0.1, -0.05) is 0 Å². The SMILES string of the molecule is Cn1cc(C2CCCN2C(=O)c2ccc(N3CCNC3=O)cc2)cn1. The smallest absolute Gasteiger partial charge is 0.321 e. The van der Waals surface area contributed by atoms with Gasteiger partial charge in [-0.2, -0.15) is 5.10 Å². The zero-order chi connectivity index (χ0) is 17.4. The van der Waals surface area contributed by atoms with Crippen LogP contribution in [0.5, 0.6) is 0 Å². The molecule has 4 rings (SSSR count). The quantitative estimate of drug-likeness (QED) is 0.929. The third-order valence-electron chi connectivity index (χ3n) is 4.91. The van der Waals surface area contributed by atoms with Crippen LogP contribution in [0.25, 0.3) is 0 Å². The molecule has 2 saturated heterocycles. The molecule has 2 aromatic rings. The van der Waals surface area contributed by atoms with Crippen LogP contribution in [-0.4, -0.2) is 46.3 Å². The highest BCUT2D eigenvalue weighted by Crippen LogP contribution is 2.33. The largest absolute Gasteiger partial charge is 0.336 e. The van der Waals surface area contributed by atoms with E-state index in [1.165, 1.54) is 0 Å². The Morgan fingerprint density at radius 2 is 2.04 bits per heavy atom. The molecule has 7 heteroatoms. The van der Waals surface area contributed by atoms with Crippen molar-refractivity contribution in [1.29, 1.82) is 0 Å². The Kier molecular flexibility index (Phi) is 3.91. The van der Waals surface area contributed by atoms with Gasteiger partial charge in [0.2, 0.25) is 0 Å². The summed E-state index contributed by atoms with van der Waals surface area (Å²) in [6.07, 6.45) is 5.78. The molecule has 1 aromatic carbocycles. The normalized spacial score (nSPS) is 20.2. The van der Waals surface area contributed by atoms with Crippen molar-refractivity contribution in [3.8, 4) is 0 Å². The Bertz CT molecular complexity index is 798. The van der Waals surface area contributed by atoms with Gasteiger partial charge in [-0.3, -0.25) is 14.4 Å². The molecule has 2 aliphatic rings. The maximum atomic E-state index is 12.9. The number of nitrogens with one attached hydrogen (secondary N) is 1. The van der Waals surface area contributed by atoms with Crippen LogP contribution in [0.15, 0.2) is 36.7 Å². The monoisotopic (exact) mass is 339 g/mol. The van der Waals surface area contributed by atoms with Crippen LogP contribution in [0.2, 0.25) is 0 Å². The topological polar surface area (TPSA) is 70.5 Å². The van der Waals surface area contributed by atoms with Crippen molar-refractivity contribution >= 4 is 17.6 Å². The van der Waals surface area contributed by atoms with E-state index in [0.717, 1.165) is 30.6 Å². The van der Waals surface area contributed by atoms with Gasteiger partial charge in [0.05, 0.1) is 12.2 Å². The maximum Gasteiger partial charge on any atom is 0.321 e. The molecule has 130 valence electrons. The number of hydrogen-bond acceptors (Lipinski definition) is 3.